The second kappa shape index (κ2) is 4.66. The molecule has 0 bridgehead atoms. The van der Waals surface area contributed by atoms with Crippen LogP contribution >= 0.6 is 0 Å². The predicted octanol–water partition coefficient (Wildman–Crippen LogP) is 2.66. The van der Waals surface area contributed by atoms with Crippen molar-refractivity contribution in [1.82, 2.24) is 4.90 Å². The summed E-state index contributed by atoms with van der Waals surface area (Å²) >= 11 is 0. The molecule has 1 aliphatic carbocycles. The van der Waals surface area contributed by atoms with Crippen LogP contribution in [0.1, 0.15) is 52.9 Å². The summed E-state index contributed by atoms with van der Waals surface area (Å²) in [6, 6.07) is 0.473. The van der Waals surface area contributed by atoms with Gasteiger partial charge in [0.05, 0.1) is 6.10 Å². The molecule has 0 spiro atoms. The molecule has 0 radical (unpaired) electrons. The molecule has 0 aromatic rings. The van der Waals surface area contributed by atoms with Gasteiger partial charge in [-0.1, -0.05) is 20.8 Å². The molecular formula is C14H27NO. The highest BCUT2D eigenvalue weighted by atomic mass is 16.3. The van der Waals surface area contributed by atoms with Crippen LogP contribution in [0.4, 0.5) is 0 Å². The van der Waals surface area contributed by atoms with E-state index in [1.54, 1.807) is 0 Å². The molecule has 2 heteroatoms. The van der Waals surface area contributed by atoms with Crippen molar-refractivity contribution in [3.8, 4) is 0 Å². The zero-order valence-electron chi connectivity index (χ0n) is 11.1. The molecule has 0 aromatic heterocycles. The smallest absolute Gasteiger partial charge is 0.0695 e. The van der Waals surface area contributed by atoms with E-state index in [1.165, 1.54) is 38.8 Å². The van der Waals surface area contributed by atoms with E-state index >= 15 is 0 Å². The summed E-state index contributed by atoms with van der Waals surface area (Å²) < 4.78 is 0. The molecule has 2 nitrogen and oxygen atoms in total. The highest BCUT2D eigenvalue weighted by molar-refractivity contribution is 4.89. The van der Waals surface area contributed by atoms with Gasteiger partial charge in [-0.3, -0.25) is 4.90 Å². The van der Waals surface area contributed by atoms with Gasteiger partial charge in [0.2, 0.25) is 0 Å². The number of piperidine rings is 1. The molecule has 0 aromatic carbocycles. The first-order valence-electron chi connectivity index (χ1n) is 6.90. The monoisotopic (exact) mass is 225 g/mol. The van der Waals surface area contributed by atoms with E-state index in [-0.39, 0.29) is 6.10 Å². The highest BCUT2D eigenvalue weighted by Gasteiger charge is 2.35. The Morgan fingerprint density at radius 1 is 1.00 bits per heavy atom. The number of likely N-dealkylation sites (tertiary alicyclic amines) is 1. The third-order valence-corrected chi connectivity index (χ3v) is 4.67. The Morgan fingerprint density at radius 2 is 1.62 bits per heavy atom. The molecule has 1 N–H and O–H groups in total. The molecule has 1 saturated heterocycles. The first-order valence-corrected chi connectivity index (χ1v) is 6.90. The SMILES string of the molecule is CC(C)(C)C1CCN(C2CCCC2O)CC1. The van der Waals surface area contributed by atoms with Crippen LogP contribution < -0.4 is 0 Å². The maximum absolute atomic E-state index is 9.93. The quantitative estimate of drug-likeness (QED) is 0.741. The Bertz CT molecular complexity index is 225. The molecule has 1 aliphatic heterocycles. The summed E-state index contributed by atoms with van der Waals surface area (Å²) in [5.74, 6) is 0.863. The Morgan fingerprint density at radius 3 is 2.06 bits per heavy atom. The maximum Gasteiger partial charge on any atom is 0.0695 e. The highest BCUT2D eigenvalue weighted by Crippen LogP contribution is 2.36. The predicted molar refractivity (Wildman–Crippen MR) is 67.4 cm³/mol. The van der Waals surface area contributed by atoms with Crippen molar-refractivity contribution >= 4 is 0 Å². The Labute approximate surface area is 100 Å². The van der Waals surface area contributed by atoms with Crippen molar-refractivity contribution in [3.63, 3.8) is 0 Å². The van der Waals surface area contributed by atoms with Gasteiger partial charge in [-0.15, -0.1) is 0 Å². The van der Waals surface area contributed by atoms with Gasteiger partial charge in [-0.05, 0) is 56.5 Å². The zero-order valence-corrected chi connectivity index (χ0v) is 11.1. The van der Waals surface area contributed by atoms with Crippen molar-refractivity contribution in [1.29, 1.82) is 0 Å². The standard InChI is InChI=1S/C14H27NO/c1-14(2,3)11-7-9-15(10-8-11)12-5-4-6-13(12)16/h11-13,16H,4-10H2,1-3H3. The maximum atomic E-state index is 9.93. The summed E-state index contributed by atoms with van der Waals surface area (Å²) in [7, 11) is 0. The first-order chi connectivity index (χ1) is 7.48. The number of nitrogens with zero attached hydrogens (tertiary/aromatic N) is 1. The molecule has 0 amide bonds. The van der Waals surface area contributed by atoms with Crippen LogP contribution in [0, 0.1) is 11.3 Å². The minimum absolute atomic E-state index is 0.0498. The molecule has 94 valence electrons. The number of hydrogen-bond acceptors (Lipinski definition) is 2. The lowest BCUT2D eigenvalue weighted by Crippen LogP contribution is -2.46. The average Bonchev–Trinajstić information content (AvgIpc) is 2.63. The van der Waals surface area contributed by atoms with Gasteiger partial charge in [0.15, 0.2) is 0 Å². The summed E-state index contributed by atoms with van der Waals surface area (Å²) in [6.07, 6.45) is 6.02. The van der Waals surface area contributed by atoms with Crippen molar-refractivity contribution in [2.75, 3.05) is 13.1 Å². The summed E-state index contributed by atoms with van der Waals surface area (Å²) in [5.41, 5.74) is 0.459. The molecule has 2 fully saturated rings. The molecule has 2 unspecified atom stereocenters. The van der Waals surface area contributed by atoms with E-state index in [2.05, 4.69) is 25.7 Å². The average molecular weight is 225 g/mol. The lowest BCUT2D eigenvalue weighted by Gasteiger charge is -2.41. The topological polar surface area (TPSA) is 23.5 Å². The first kappa shape index (κ1) is 12.4. The molecule has 2 atom stereocenters. The lowest BCUT2D eigenvalue weighted by molar-refractivity contribution is 0.0306. The van der Waals surface area contributed by atoms with E-state index in [0.29, 0.717) is 11.5 Å². The van der Waals surface area contributed by atoms with Gasteiger partial charge < -0.3 is 5.11 Å². The van der Waals surface area contributed by atoms with E-state index in [4.69, 9.17) is 0 Å². The fraction of sp³-hybridized carbons (Fsp3) is 1.00. The van der Waals surface area contributed by atoms with Crippen molar-refractivity contribution in [2.45, 2.75) is 65.0 Å². The number of hydrogen-bond donors (Lipinski definition) is 1. The van der Waals surface area contributed by atoms with Crippen LogP contribution in [0.3, 0.4) is 0 Å². The van der Waals surface area contributed by atoms with Crippen LogP contribution in [0.2, 0.25) is 0 Å². The number of aliphatic hydroxyl groups is 1. The Hall–Kier alpha value is -0.0800. The molecular weight excluding hydrogens is 198 g/mol. The molecule has 16 heavy (non-hydrogen) atoms. The van der Waals surface area contributed by atoms with Gasteiger partial charge in [-0.2, -0.15) is 0 Å². The van der Waals surface area contributed by atoms with Crippen molar-refractivity contribution in [2.24, 2.45) is 11.3 Å². The van der Waals surface area contributed by atoms with Crippen LogP contribution in [0.5, 0.6) is 0 Å². The second-order valence-electron chi connectivity index (χ2n) is 6.74. The molecule has 1 saturated carbocycles. The number of rotatable bonds is 1. The summed E-state index contributed by atoms with van der Waals surface area (Å²) in [5, 5.41) is 9.93. The lowest BCUT2D eigenvalue weighted by atomic mass is 9.75. The third-order valence-electron chi connectivity index (χ3n) is 4.67. The Kier molecular flexibility index (Phi) is 3.60. The Balaban J connectivity index is 1.85. The fourth-order valence-electron chi connectivity index (χ4n) is 3.44. The largest absolute Gasteiger partial charge is 0.391 e. The van der Waals surface area contributed by atoms with Gasteiger partial charge in [0.25, 0.3) is 0 Å². The van der Waals surface area contributed by atoms with Gasteiger partial charge in [-0.25, -0.2) is 0 Å². The summed E-state index contributed by atoms with van der Waals surface area (Å²) in [6.45, 7) is 9.47. The van der Waals surface area contributed by atoms with Crippen molar-refractivity contribution < 1.29 is 5.11 Å². The van der Waals surface area contributed by atoms with Crippen LogP contribution in [0.15, 0.2) is 0 Å². The molecule has 2 rings (SSSR count). The summed E-state index contributed by atoms with van der Waals surface area (Å²) in [4.78, 5) is 2.54. The van der Waals surface area contributed by atoms with Crippen LogP contribution in [0.25, 0.3) is 0 Å². The fourth-order valence-corrected chi connectivity index (χ4v) is 3.44. The molecule has 2 aliphatic rings. The zero-order chi connectivity index (χ0) is 11.8. The normalized spacial score (nSPS) is 34.5. The van der Waals surface area contributed by atoms with Crippen molar-refractivity contribution in [3.05, 3.63) is 0 Å². The van der Waals surface area contributed by atoms with Gasteiger partial charge in [0, 0.05) is 6.04 Å². The van der Waals surface area contributed by atoms with E-state index in [0.717, 1.165) is 12.3 Å². The number of aliphatic hydroxyl groups excluding tert-OH is 1. The molecule has 1 heterocycles. The van der Waals surface area contributed by atoms with E-state index < -0.39 is 0 Å². The third kappa shape index (κ3) is 2.60. The van der Waals surface area contributed by atoms with Gasteiger partial charge in [0.1, 0.15) is 0 Å². The van der Waals surface area contributed by atoms with E-state index in [1.807, 2.05) is 0 Å². The second-order valence-corrected chi connectivity index (χ2v) is 6.74. The van der Waals surface area contributed by atoms with Gasteiger partial charge >= 0.3 is 0 Å². The minimum atomic E-state index is -0.0498. The minimum Gasteiger partial charge on any atom is -0.391 e. The van der Waals surface area contributed by atoms with Crippen LogP contribution in [-0.2, 0) is 0 Å². The van der Waals surface area contributed by atoms with E-state index in [9.17, 15) is 5.11 Å². The van der Waals surface area contributed by atoms with Crippen LogP contribution in [-0.4, -0.2) is 35.2 Å².